The maximum Gasteiger partial charge on any atom is 0.271 e. The minimum atomic E-state index is -1.29. The zero-order chi connectivity index (χ0) is 26.3. The summed E-state index contributed by atoms with van der Waals surface area (Å²) in [4.78, 5) is 33.8. The van der Waals surface area contributed by atoms with E-state index in [2.05, 4.69) is 15.3 Å². The molecule has 0 radical (unpaired) electrons. The minimum Gasteiger partial charge on any atom is -0.391 e. The number of rotatable bonds is 11. The van der Waals surface area contributed by atoms with Crippen LogP contribution in [0, 0.1) is 11.7 Å². The summed E-state index contributed by atoms with van der Waals surface area (Å²) < 4.78 is 14.4. The van der Waals surface area contributed by atoms with Crippen molar-refractivity contribution in [1.82, 2.24) is 20.8 Å². The second kappa shape index (κ2) is 12.0. The molecule has 0 unspecified atom stereocenters. The van der Waals surface area contributed by atoms with Crippen LogP contribution in [0.1, 0.15) is 49.2 Å². The molecule has 2 amide bonds. The quantitative estimate of drug-likeness (QED) is 0.202. The molecule has 9 nitrogen and oxygen atoms in total. The average Bonchev–Trinajstić information content (AvgIpc) is 2.85. The summed E-state index contributed by atoms with van der Waals surface area (Å²) in [6.07, 6.45) is 0.227. The summed E-state index contributed by atoms with van der Waals surface area (Å²) in [7, 11) is 0. The van der Waals surface area contributed by atoms with Crippen molar-refractivity contribution in [2.75, 3.05) is 0 Å². The first-order chi connectivity index (χ1) is 17.1. The van der Waals surface area contributed by atoms with Crippen molar-refractivity contribution in [3.63, 3.8) is 0 Å². The third-order valence-corrected chi connectivity index (χ3v) is 5.97. The van der Waals surface area contributed by atoms with Crippen LogP contribution in [0.3, 0.4) is 0 Å². The number of hydrogen-bond acceptors (Lipinski definition) is 7. The van der Waals surface area contributed by atoms with Crippen LogP contribution in [0.4, 0.5) is 4.39 Å². The Morgan fingerprint density at radius 2 is 1.75 bits per heavy atom. The Balaban J connectivity index is 1.83. The molecule has 192 valence electrons. The van der Waals surface area contributed by atoms with Crippen molar-refractivity contribution < 1.29 is 29.4 Å². The number of hydroxylamine groups is 1. The number of nitrogens with zero attached hydrogens (tertiary/aromatic N) is 2. The summed E-state index contributed by atoms with van der Waals surface area (Å²) in [5.74, 6) is -2.71. The van der Waals surface area contributed by atoms with Gasteiger partial charge < -0.3 is 15.5 Å². The number of carbonyl (C=O) groups excluding carboxylic acids is 2. The number of halogens is 1. The van der Waals surface area contributed by atoms with Crippen LogP contribution >= 0.6 is 0 Å². The summed E-state index contributed by atoms with van der Waals surface area (Å²) >= 11 is 0. The van der Waals surface area contributed by atoms with Crippen LogP contribution in [-0.4, -0.2) is 54.9 Å². The highest BCUT2D eigenvalue weighted by Crippen LogP contribution is 2.23. The van der Waals surface area contributed by atoms with Gasteiger partial charge in [-0.25, -0.2) is 14.9 Å². The second-order valence-electron chi connectivity index (χ2n) is 9.45. The van der Waals surface area contributed by atoms with Crippen LogP contribution in [0.15, 0.2) is 54.7 Å². The van der Waals surface area contributed by atoms with E-state index in [1.165, 1.54) is 18.3 Å². The molecule has 1 heterocycles. The average molecular weight is 499 g/mol. The molecular formula is C26H31FN4O5. The molecule has 2 aromatic carbocycles. The normalized spacial score (nSPS) is 14.2. The van der Waals surface area contributed by atoms with Gasteiger partial charge in [0.1, 0.15) is 11.5 Å². The first kappa shape index (κ1) is 27.1. The largest absolute Gasteiger partial charge is 0.391 e. The number of amides is 2. The number of aromatic nitrogens is 2. The lowest BCUT2D eigenvalue weighted by atomic mass is 9.87. The van der Waals surface area contributed by atoms with Crippen molar-refractivity contribution >= 4 is 22.8 Å². The lowest BCUT2D eigenvalue weighted by Gasteiger charge is -2.28. The molecule has 36 heavy (non-hydrogen) atoms. The monoisotopic (exact) mass is 498 g/mol. The number of aliphatic hydroxyl groups is 2. The fourth-order valence-electron chi connectivity index (χ4n) is 3.92. The fourth-order valence-corrected chi connectivity index (χ4v) is 3.92. The Morgan fingerprint density at radius 3 is 2.42 bits per heavy atom. The molecule has 0 spiro atoms. The van der Waals surface area contributed by atoms with Gasteiger partial charge in [0.25, 0.3) is 5.91 Å². The van der Waals surface area contributed by atoms with Gasteiger partial charge >= 0.3 is 0 Å². The molecule has 0 aliphatic heterocycles. The van der Waals surface area contributed by atoms with E-state index in [0.717, 1.165) is 0 Å². The molecular weight excluding hydrogens is 467 g/mol. The number of aliphatic hydroxyl groups excluding tert-OH is 1. The third-order valence-electron chi connectivity index (χ3n) is 5.97. The third kappa shape index (κ3) is 7.51. The van der Waals surface area contributed by atoms with E-state index < -0.39 is 41.3 Å². The molecule has 0 bridgehead atoms. The molecule has 10 heteroatoms. The highest BCUT2D eigenvalue weighted by Gasteiger charge is 2.30. The smallest absolute Gasteiger partial charge is 0.271 e. The summed E-state index contributed by atoms with van der Waals surface area (Å²) in [5, 5.41) is 33.0. The zero-order valence-electron chi connectivity index (χ0n) is 20.2. The zero-order valence-corrected chi connectivity index (χ0v) is 20.2. The SMILES string of the molecule is CC(C)(O)CC[C@H](C[C@H](O)[C@H](Cc1ccccc1F)NC(=O)c1cnc2ccccc2n1)C(=O)NO. The number of fused-ring (bicyclic) bond motifs is 1. The van der Waals surface area contributed by atoms with Crippen molar-refractivity contribution in [2.45, 2.75) is 57.3 Å². The maximum atomic E-state index is 14.4. The molecule has 0 aliphatic carbocycles. The van der Waals surface area contributed by atoms with E-state index in [-0.39, 0.29) is 36.9 Å². The summed E-state index contributed by atoms with van der Waals surface area (Å²) in [6, 6.07) is 12.1. The fraction of sp³-hybridized carbons (Fsp3) is 0.385. The van der Waals surface area contributed by atoms with E-state index in [4.69, 9.17) is 5.21 Å². The maximum absolute atomic E-state index is 14.4. The lowest BCUT2D eigenvalue weighted by molar-refractivity contribution is -0.135. The van der Waals surface area contributed by atoms with Crippen LogP contribution in [0.2, 0.25) is 0 Å². The molecule has 3 rings (SSSR count). The van der Waals surface area contributed by atoms with Gasteiger partial charge in [0, 0.05) is 5.92 Å². The standard InChI is InChI=1S/C26H31FN4O5/c1-26(2,35)12-11-17(24(33)31-36)14-23(32)21(13-16-7-3-4-8-18(16)27)30-25(34)22-15-28-19-9-5-6-10-20(19)29-22/h3-10,15,17,21,23,32,35-36H,11-14H2,1-2H3,(H,30,34)(H,31,33)/t17-,21+,23+/m1/s1. The highest BCUT2D eigenvalue weighted by molar-refractivity contribution is 5.94. The molecule has 0 saturated heterocycles. The Kier molecular flexibility index (Phi) is 9.03. The van der Waals surface area contributed by atoms with Gasteiger partial charge in [-0.1, -0.05) is 30.3 Å². The van der Waals surface area contributed by atoms with E-state index in [1.807, 2.05) is 0 Å². The van der Waals surface area contributed by atoms with Gasteiger partial charge in [0.15, 0.2) is 0 Å². The van der Waals surface area contributed by atoms with Crippen molar-refractivity contribution in [3.05, 3.63) is 71.8 Å². The topological polar surface area (TPSA) is 145 Å². The van der Waals surface area contributed by atoms with Crippen LogP contribution in [0.25, 0.3) is 11.0 Å². The minimum absolute atomic E-state index is 0.0196. The van der Waals surface area contributed by atoms with Gasteiger partial charge in [-0.05, 0) is 63.3 Å². The van der Waals surface area contributed by atoms with E-state index >= 15 is 0 Å². The van der Waals surface area contributed by atoms with Crippen LogP contribution < -0.4 is 10.8 Å². The number of benzene rings is 2. The van der Waals surface area contributed by atoms with E-state index in [9.17, 15) is 24.2 Å². The molecule has 0 fully saturated rings. The van der Waals surface area contributed by atoms with Crippen molar-refractivity contribution in [1.29, 1.82) is 0 Å². The van der Waals surface area contributed by atoms with Gasteiger partial charge in [-0.2, -0.15) is 0 Å². The summed E-state index contributed by atoms with van der Waals surface area (Å²) in [5.41, 5.74) is 1.95. The predicted octanol–water partition coefficient (Wildman–Crippen LogP) is 2.53. The molecule has 1 aromatic heterocycles. The van der Waals surface area contributed by atoms with Gasteiger partial charge in [-0.15, -0.1) is 0 Å². The van der Waals surface area contributed by atoms with Crippen LogP contribution in [-0.2, 0) is 11.2 Å². The lowest BCUT2D eigenvalue weighted by Crippen LogP contribution is -2.47. The molecule has 0 saturated carbocycles. The molecule has 3 aromatic rings. The van der Waals surface area contributed by atoms with E-state index in [0.29, 0.717) is 11.0 Å². The van der Waals surface area contributed by atoms with Crippen LogP contribution in [0.5, 0.6) is 0 Å². The Morgan fingerprint density at radius 1 is 1.08 bits per heavy atom. The predicted molar refractivity (Wildman–Crippen MR) is 130 cm³/mol. The van der Waals surface area contributed by atoms with Crippen molar-refractivity contribution in [2.24, 2.45) is 5.92 Å². The molecule has 3 atom stereocenters. The first-order valence-corrected chi connectivity index (χ1v) is 11.7. The van der Waals surface area contributed by atoms with Crippen molar-refractivity contribution in [3.8, 4) is 0 Å². The van der Waals surface area contributed by atoms with Gasteiger partial charge in [0.2, 0.25) is 5.91 Å². The highest BCUT2D eigenvalue weighted by atomic mass is 19.1. The van der Waals surface area contributed by atoms with E-state index in [1.54, 1.807) is 55.7 Å². The van der Waals surface area contributed by atoms with Gasteiger partial charge in [-0.3, -0.25) is 19.8 Å². The summed E-state index contributed by atoms with van der Waals surface area (Å²) in [6.45, 7) is 3.17. The Labute approximate surface area is 208 Å². The first-order valence-electron chi connectivity index (χ1n) is 11.7. The van der Waals surface area contributed by atoms with Gasteiger partial charge in [0.05, 0.1) is 35.0 Å². The second-order valence-corrected chi connectivity index (χ2v) is 9.45. The number of para-hydroxylation sites is 2. The number of nitrogens with one attached hydrogen (secondary N) is 2. The number of carbonyl (C=O) groups is 2. The molecule has 0 aliphatic rings. The number of hydrogen-bond donors (Lipinski definition) is 5. The molecule has 5 N–H and O–H groups in total. The Bertz CT molecular complexity index is 1200. The Hall–Kier alpha value is -3.47.